The Morgan fingerprint density at radius 2 is 2.19 bits per heavy atom. The van der Waals surface area contributed by atoms with Crippen molar-refractivity contribution in [2.24, 2.45) is 5.92 Å². The predicted octanol–water partition coefficient (Wildman–Crippen LogP) is 3.91. The van der Waals surface area contributed by atoms with E-state index in [1.165, 1.54) is 11.3 Å². The second kappa shape index (κ2) is 6.62. The van der Waals surface area contributed by atoms with Crippen molar-refractivity contribution in [3.8, 4) is 10.6 Å². The van der Waals surface area contributed by atoms with Crippen LogP contribution in [-0.2, 0) is 0 Å². The van der Waals surface area contributed by atoms with E-state index in [0.717, 1.165) is 15.1 Å². The van der Waals surface area contributed by atoms with Gasteiger partial charge in [-0.2, -0.15) is 0 Å². The van der Waals surface area contributed by atoms with Gasteiger partial charge in [-0.1, -0.05) is 19.0 Å². The molecule has 1 atom stereocenters. The minimum atomic E-state index is -0.249. The maximum Gasteiger partial charge on any atom is 0.259 e. The van der Waals surface area contributed by atoms with E-state index in [4.69, 9.17) is 10.3 Å². The first-order valence-corrected chi connectivity index (χ1v) is 8.31. The van der Waals surface area contributed by atoms with Crippen molar-refractivity contribution in [1.29, 1.82) is 0 Å². The van der Waals surface area contributed by atoms with E-state index < -0.39 is 0 Å². The molecular formula is C14H18BrN3O2S. The summed E-state index contributed by atoms with van der Waals surface area (Å²) in [5, 5.41) is 6.86. The molecule has 7 heteroatoms. The maximum absolute atomic E-state index is 12.4. The van der Waals surface area contributed by atoms with Crippen LogP contribution in [0.15, 0.2) is 20.4 Å². The third-order valence-electron chi connectivity index (χ3n) is 2.95. The smallest absolute Gasteiger partial charge is 0.259 e. The van der Waals surface area contributed by atoms with Crippen molar-refractivity contribution in [3.63, 3.8) is 0 Å². The average Bonchev–Trinajstić information content (AvgIpc) is 2.93. The molecule has 2 aromatic heterocycles. The van der Waals surface area contributed by atoms with Crippen LogP contribution in [0.1, 0.15) is 37.6 Å². The molecule has 0 spiro atoms. The van der Waals surface area contributed by atoms with Gasteiger partial charge >= 0.3 is 0 Å². The second-order valence-electron chi connectivity index (χ2n) is 5.38. The number of rotatable bonds is 5. The lowest BCUT2D eigenvalue weighted by Gasteiger charge is -2.15. The van der Waals surface area contributed by atoms with Crippen molar-refractivity contribution in [2.45, 2.75) is 33.2 Å². The summed E-state index contributed by atoms with van der Waals surface area (Å²) in [6, 6.07) is 3.84. The molecule has 0 aliphatic heterocycles. The quantitative estimate of drug-likeness (QED) is 0.834. The summed E-state index contributed by atoms with van der Waals surface area (Å²) in [5.74, 6) is 0.304. The molecule has 2 heterocycles. The number of carbonyl (C=O) groups is 1. The first-order chi connectivity index (χ1) is 9.88. The number of anilines is 1. The molecule has 3 N–H and O–H groups in total. The molecule has 0 aliphatic carbocycles. The largest absolute Gasteiger partial charge is 0.367 e. The molecule has 1 amide bonds. The highest BCUT2D eigenvalue weighted by Gasteiger charge is 2.24. The lowest BCUT2D eigenvalue weighted by Crippen LogP contribution is -2.33. The number of nitrogen functional groups attached to an aromatic ring is 1. The van der Waals surface area contributed by atoms with Crippen LogP contribution in [0.3, 0.4) is 0 Å². The second-order valence-corrected chi connectivity index (χ2v) is 7.84. The highest BCUT2D eigenvalue weighted by atomic mass is 79.9. The van der Waals surface area contributed by atoms with Crippen molar-refractivity contribution in [1.82, 2.24) is 10.5 Å². The number of hydrogen-bond donors (Lipinski definition) is 2. The Bertz CT molecular complexity index is 636. The molecule has 0 fully saturated rings. The highest BCUT2D eigenvalue weighted by Crippen LogP contribution is 2.34. The molecular weight excluding hydrogens is 354 g/mol. The minimum Gasteiger partial charge on any atom is -0.367 e. The van der Waals surface area contributed by atoms with Crippen LogP contribution in [0.25, 0.3) is 10.6 Å². The molecule has 114 valence electrons. The van der Waals surface area contributed by atoms with E-state index >= 15 is 0 Å². The summed E-state index contributed by atoms with van der Waals surface area (Å²) in [6.07, 6.45) is 0.900. The molecule has 2 aromatic rings. The van der Waals surface area contributed by atoms with Crippen LogP contribution in [-0.4, -0.2) is 17.1 Å². The zero-order valence-corrected chi connectivity index (χ0v) is 14.5. The van der Waals surface area contributed by atoms with E-state index in [9.17, 15) is 4.79 Å². The van der Waals surface area contributed by atoms with Gasteiger partial charge in [-0.25, -0.2) is 0 Å². The Balaban J connectivity index is 2.23. The fraction of sp³-hybridized carbons (Fsp3) is 0.429. The predicted molar refractivity (Wildman–Crippen MR) is 88.3 cm³/mol. The number of nitrogens with one attached hydrogen (secondary N) is 1. The summed E-state index contributed by atoms with van der Waals surface area (Å²) in [7, 11) is 0. The fourth-order valence-corrected chi connectivity index (χ4v) is 3.57. The van der Waals surface area contributed by atoms with Crippen LogP contribution in [0.5, 0.6) is 0 Å². The van der Waals surface area contributed by atoms with Gasteiger partial charge in [-0.3, -0.25) is 4.79 Å². The number of thiophene rings is 1. The van der Waals surface area contributed by atoms with Crippen molar-refractivity contribution in [3.05, 3.63) is 21.5 Å². The van der Waals surface area contributed by atoms with E-state index in [0.29, 0.717) is 17.2 Å². The lowest BCUT2D eigenvalue weighted by atomic mass is 10.0. The topological polar surface area (TPSA) is 81.2 Å². The third-order valence-corrected chi connectivity index (χ3v) is 4.58. The maximum atomic E-state index is 12.4. The van der Waals surface area contributed by atoms with E-state index in [-0.39, 0.29) is 17.8 Å². The van der Waals surface area contributed by atoms with Gasteiger partial charge in [0.25, 0.3) is 5.91 Å². The standard InChI is InChI=1S/C14H18BrN3O2S/c1-7(2)6-8(3)17-14(19)11-12(18-20-13(11)16)9-4-5-10(15)21-9/h4-5,7-8H,6,16H2,1-3H3,(H,17,19). The first kappa shape index (κ1) is 16.0. The SMILES string of the molecule is CC(C)CC(C)NC(=O)c1c(-c2ccc(Br)s2)noc1N. The third kappa shape index (κ3) is 3.85. The number of carbonyl (C=O) groups excluding carboxylic acids is 1. The molecule has 0 aliphatic rings. The number of halogens is 1. The minimum absolute atomic E-state index is 0.0452. The Kier molecular flexibility index (Phi) is 5.05. The lowest BCUT2D eigenvalue weighted by molar-refractivity contribution is 0.0937. The van der Waals surface area contributed by atoms with E-state index in [2.05, 4.69) is 40.3 Å². The molecule has 0 saturated heterocycles. The van der Waals surface area contributed by atoms with Gasteiger partial charge in [0.05, 0.1) is 8.66 Å². The summed E-state index contributed by atoms with van der Waals surface area (Å²) in [5.41, 5.74) is 6.56. The number of nitrogens with two attached hydrogens (primary N) is 1. The van der Waals surface area contributed by atoms with Gasteiger partial charge in [0.1, 0.15) is 11.3 Å². The number of amides is 1. The molecule has 2 rings (SSSR count). The van der Waals surface area contributed by atoms with Gasteiger partial charge in [-0.15, -0.1) is 11.3 Å². The molecule has 21 heavy (non-hydrogen) atoms. The van der Waals surface area contributed by atoms with E-state index in [1.54, 1.807) is 0 Å². The highest BCUT2D eigenvalue weighted by molar-refractivity contribution is 9.11. The van der Waals surface area contributed by atoms with Crippen molar-refractivity contribution < 1.29 is 9.32 Å². The summed E-state index contributed by atoms with van der Waals surface area (Å²) >= 11 is 4.87. The summed E-state index contributed by atoms with van der Waals surface area (Å²) in [6.45, 7) is 6.21. The molecule has 0 bridgehead atoms. The number of nitrogens with zero attached hydrogens (tertiary/aromatic N) is 1. The van der Waals surface area contributed by atoms with Gasteiger partial charge in [-0.05, 0) is 47.3 Å². The monoisotopic (exact) mass is 371 g/mol. The molecule has 0 aromatic carbocycles. The summed E-state index contributed by atoms with van der Waals surface area (Å²) in [4.78, 5) is 13.3. The van der Waals surface area contributed by atoms with E-state index in [1.807, 2.05) is 19.1 Å². The fourth-order valence-electron chi connectivity index (χ4n) is 2.19. The first-order valence-electron chi connectivity index (χ1n) is 6.70. The number of hydrogen-bond acceptors (Lipinski definition) is 5. The van der Waals surface area contributed by atoms with Gasteiger partial charge in [0, 0.05) is 6.04 Å². The molecule has 0 saturated carbocycles. The zero-order chi connectivity index (χ0) is 15.6. The van der Waals surface area contributed by atoms with Gasteiger partial charge in [0.2, 0.25) is 5.88 Å². The van der Waals surface area contributed by atoms with Crippen molar-refractivity contribution in [2.75, 3.05) is 5.73 Å². The molecule has 0 radical (unpaired) electrons. The number of aromatic nitrogens is 1. The van der Waals surface area contributed by atoms with Gasteiger partial charge < -0.3 is 15.6 Å². The normalized spacial score (nSPS) is 12.6. The van der Waals surface area contributed by atoms with Gasteiger partial charge in [0.15, 0.2) is 0 Å². The van der Waals surface area contributed by atoms with Crippen LogP contribution in [0.2, 0.25) is 0 Å². The Morgan fingerprint density at radius 3 is 2.76 bits per heavy atom. The van der Waals surface area contributed by atoms with Crippen molar-refractivity contribution >= 4 is 39.1 Å². The zero-order valence-electron chi connectivity index (χ0n) is 12.1. The van der Waals surface area contributed by atoms with Crippen LogP contribution >= 0.6 is 27.3 Å². The Morgan fingerprint density at radius 1 is 1.48 bits per heavy atom. The van der Waals surface area contributed by atoms with Crippen LogP contribution in [0.4, 0.5) is 5.88 Å². The van der Waals surface area contributed by atoms with Crippen LogP contribution < -0.4 is 11.1 Å². The molecule has 5 nitrogen and oxygen atoms in total. The Labute approximate surface area is 136 Å². The molecule has 1 unspecified atom stereocenters. The average molecular weight is 372 g/mol. The summed E-state index contributed by atoms with van der Waals surface area (Å²) < 4.78 is 5.96. The van der Waals surface area contributed by atoms with Crippen LogP contribution in [0, 0.1) is 5.92 Å². The Hall–Kier alpha value is -1.34.